The zero-order chi connectivity index (χ0) is 13.1. The smallest absolute Gasteiger partial charge is 0.207 e. The summed E-state index contributed by atoms with van der Waals surface area (Å²) in [4.78, 5) is 4.49. The van der Waals surface area contributed by atoms with Crippen LogP contribution < -0.4 is 5.32 Å². The van der Waals surface area contributed by atoms with Crippen molar-refractivity contribution in [2.24, 2.45) is 0 Å². The number of nitrogens with zero attached hydrogens (tertiary/aromatic N) is 2. The Hall–Kier alpha value is -2.03. The van der Waals surface area contributed by atoms with E-state index in [1.54, 1.807) is 0 Å². The molecule has 1 aromatic heterocycles. The zero-order valence-corrected chi connectivity index (χ0v) is 11.2. The van der Waals surface area contributed by atoms with Gasteiger partial charge in [-0.1, -0.05) is 12.1 Å². The summed E-state index contributed by atoms with van der Waals surface area (Å²) in [7, 11) is 0. The molecule has 0 aliphatic rings. The SMILES string of the molecule is C=CCNc1nc(C)cn1-c1cc(C)cc(C)c1. The Morgan fingerprint density at radius 3 is 2.50 bits per heavy atom. The fourth-order valence-electron chi connectivity index (χ4n) is 2.07. The van der Waals surface area contributed by atoms with Gasteiger partial charge in [0, 0.05) is 18.4 Å². The number of hydrogen-bond acceptors (Lipinski definition) is 2. The van der Waals surface area contributed by atoms with Gasteiger partial charge in [-0.15, -0.1) is 6.58 Å². The second-order valence-electron chi connectivity index (χ2n) is 4.59. The van der Waals surface area contributed by atoms with E-state index in [1.165, 1.54) is 11.1 Å². The molecule has 0 saturated carbocycles. The van der Waals surface area contributed by atoms with Crippen molar-refractivity contribution in [3.05, 3.63) is 53.9 Å². The van der Waals surface area contributed by atoms with Crippen LogP contribution in [-0.2, 0) is 0 Å². The van der Waals surface area contributed by atoms with E-state index in [4.69, 9.17) is 0 Å². The number of aromatic nitrogens is 2. The lowest BCUT2D eigenvalue weighted by Gasteiger charge is -2.10. The van der Waals surface area contributed by atoms with Crippen LogP contribution in [0.15, 0.2) is 37.1 Å². The number of rotatable bonds is 4. The highest BCUT2D eigenvalue weighted by atomic mass is 15.2. The van der Waals surface area contributed by atoms with E-state index < -0.39 is 0 Å². The first-order chi connectivity index (χ1) is 8.60. The molecule has 0 bridgehead atoms. The van der Waals surface area contributed by atoms with Gasteiger partial charge in [-0.25, -0.2) is 4.98 Å². The van der Waals surface area contributed by atoms with Crippen LogP contribution in [0, 0.1) is 20.8 Å². The maximum Gasteiger partial charge on any atom is 0.207 e. The molecule has 0 amide bonds. The van der Waals surface area contributed by atoms with E-state index >= 15 is 0 Å². The van der Waals surface area contributed by atoms with E-state index in [0.29, 0.717) is 6.54 Å². The molecular weight excluding hydrogens is 222 g/mol. The molecule has 0 saturated heterocycles. The first-order valence-electron chi connectivity index (χ1n) is 6.09. The van der Waals surface area contributed by atoms with Crippen LogP contribution in [0.4, 0.5) is 5.95 Å². The lowest BCUT2D eigenvalue weighted by Crippen LogP contribution is -2.05. The first kappa shape index (κ1) is 12.4. The van der Waals surface area contributed by atoms with E-state index in [-0.39, 0.29) is 0 Å². The molecule has 18 heavy (non-hydrogen) atoms. The molecule has 2 aromatic rings. The molecule has 0 radical (unpaired) electrons. The average molecular weight is 241 g/mol. The van der Waals surface area contributed by atoms with Gasteiger partial charge in [0.1, 0.15) is 0 Å². The summed E-state index contributed by atoms with van der Waals surface area (Å²) in [6.07, 6.45) is 3.87. The highest BCUT2D eigenvalue weighted by Gasteiger charge is 2.07. The number of hydrogen-bond donors (Lipinski definition) is 1. The summed E-state index contributed by atoms with van der Waals surface area (Å²) in [6, 6.07) is 6.49. The second-order valence-corrected chi connectivity index (χ2v) is 4.59. The van der Waals surface area contributed by atoms with Crippen molar-refractivity contribution < 1.29 is 0 Å². The normalized spacial score (nSPS) is 10.4. The van der Waals surface area contributed by atoms with Crippen molar-refractivity contribution in [2.75, 3.05) is 11.9 Å². The lowest BCUT2D eigenvalue weighted by molar-refractivity contribution is 1.03. The summed E-state index contributed by atoms with van der Waals surface area (Å²) in [5.74, 6) is 0.859. The summed E-state index contributed by atoms with van der Waals surface area (Å²) in [6.45, 7) is 10.6. The number of aryl methyl sites for hydroxylation is 3. The first-order valence-corrected chi connectivity index (χ1v) is 6.09. The lowest BCUT2D eigenvalue weighted by atomic mass is 10.1. The zero-order valence-electron chi connectivity index (χ0n) is 11.2. The predicted molar refractivity (Wildman–Crippen MR) is 76.5 cm³/mol. The molecule has 0 spiro atoms. The second kappa shape index (κ2) is 5.08. The van der Waals surface area contributed by atoms with Gasteiger partial charge in [0.05, 0.1) is 5.69 Å². The number of benzene rings is 1. The van der Waals surface area contributed by atoms with Gasteiger partial charge in [0.15, 0.2) is 0 Å². The van der Waals surface area contributed by atoms with Crippen LogP contribution in [0.1, 0.15) is 16.8 Å². The molecule has 0 aliphatic carbocycles. The molecule has 0 atom stereocenters. The van der Waals surface area contributed by atoms with Gasteiger partial charge in [-0.05, 0) is 44.0 Å². The van der Waals surface area contributed by atoms with Gasteiger partial charge >= 0.3 is 0 Å². The van der Waals surface area contributed by atoms with E-state index in [9.17, 15) is 0 Å². The average Bonchev–Trinajstić information content (AvgIpc) is 2.66. The Morgan fingerprint density at radius 1 is 1.22 bits per heavy atom. The van der Waals surface area contributed by atoms with Gasteiger partial charge in [0.2, 0.25) is 5.95 Å². The Bertz CT molecular complexity index is 547. The summed E-state index contributed by atoms with van der Waals surface area (Å²) >= 11 is 0. The Labute approximate surface area is 108 Å². The van der Waals surface area contributed by atoms with Crippen molar-refractivity contribution in [1.29, 1.82) is 0 Å². The summed E-state index contributed by atoms with van der Waals surface area (Å²) in [5, 5.41) is 3.25. The molecule has 0 aliphatic heterocycles. The highest BCUT2D eigenvalue weighted by molar-refractivity contribution is 5.46. The minimum Gasteiger partial charge on any atom is -0.352 e. The van der Waals surface area contributed by atoms with Crippen LogP contribution in [0.5, 0.6) is 0 Å². The van der Waals surface area contributed by atoms with Crippen LogP contribution in [0.3, 0.4) is 0 Å². The van der Waals surface area contributed by atoms with Gasteiger partial charge < -0.3 is 5.32 Å². The Kier molecular flexibility index (Phi) is 3.51. The third kappa shape index (κ3) is 2.62. The fraction of sp³-hybridized carbons (Fsp3) is 0.267. The Balaban J connectivity index is 2.45. The highest BCUT2D eigenvalue weighted by Crippen LogP contribution is 2.19. The van der Waals surface area contributed by atoms with E-state index in [0.717, 1.165) is 17.3 Å². The molecule has 3 nitrogen and oxygen atoms in total. The van der Waals surface area contributed by atoms with Gasteiger partial charge in [-0.2, -0.15) is 0 Å². The number of anilines is 1. The van der Waals surface area contributed by atoms with Crippen molar-refractivity contribution in [3.63, 3.8) is 0 Å². The monoisotopic (exact) mass is 241 g/mol. The molecule has 1 heterocycles. The molecule has 0 unspecified atom stereocenters. The van der Waals surface area contributed by atoms with Crippen molar-refractivity contribution >= 4 is 5.95 Å². The molecule has 1 aromatic carbocycles. The van der Waals surface area contributed by atoms with E-state index in [2.05, 4.69) is 53.5 Å². The predicted octanol–water partition coefficient (Wildman–Crippen LogP) is 3.40. The minimum absolute atomic E-state index is 0.710. The van der Waals surface area contributed by atoms with Crippen LogP contribution in [0.2, 0.25) is 0 Å². The van der Waals surface area contributed by atoms with Gasteiger partial charge in [-0.3, -0.25) is 4.57 Å². The largest absolute Gasteiger partial charge is 0.352 e. The number of nitrogens with one attached hydrogen (secondary N) is 1. The summed E-state index contributed by atoms with van der Waals surface area (Å²) < 4.78 is 2.08. The van der Waals surface area contributed by atoms with Crippen LogP contribution in [0.25, 0.3) is 5.69 Å². The maximum absolute atomic E-state index is 4.49. The fourth-order valence-corrected chi connectivity index (χ4v) is 2.07. The van der Waals surface area contributed by atoms with Crippen molar-refractivity contribution in [3.8, 4) is 5.69 Å². The topological polar surface area (TPSA) is 29.9 Å². The molecule has 3 heteroatoms. The van der Waals surface area contributed by atoms with Crippen molar-refractivity contribution in [2.45, 2.75) is 20.8 Å². The minimum atomic E-state index is 0.710. The maximum atomic E-state index is 4.49. The quantitative estimate of drug-likeness (QED) is 0.831. The molecule has 94 valence electrons. The molecule has 1 N–H and O–H groups in total. The standard InChI is InChI=1S/C15H19N3/c1-5-6-16-15-17-13(4)10-18(15)14-8-11(2)7-12(3)9-14/h5,7-10H,1,6H2,2-4H3,(H,16,17). The third-order valence-corrected chi connectivity index (χ3v) is 2.72. The summed E-state index contributed by atoms with van der Waals surface area (Å²) in [5.41, 5.74) is 4.65. The Morgan fingerprint density at radius 2 is 1.89 bits per heavy atom. The third-order valence-electron chi connectivity index (χ3n) is 2.72. The van der Waals surface area contributed by atoms with Crippen LogP contribution >= 0.6 is 0 Å². The van der Waals surface area contributed by atoms with Gasteiger partial charge in [0.25, 0.3) is 0 Å². The van der Waals surface area contributed by atoms with Crippen molar-refractivity contribution in [1.82, 2.24) is 9.55 Å². The molecule has 2 rings (SSSR count). The number of imidazole rings is 1. The molecule has 0 fully saturated rings. The van der Waals surface area contributed by atoms with Crippen LogP contribution in [-0.4, -0.2) is 16.1 Å². The van der Waals surface area contributed by atoms with E-state index in [1.807, 2.05) is 19.2 Å². The molecular formula is C15H19N3.